The Morgan fingerprint density at radius 3 is 1.88 bits per heavy atom. The van der Waals surface area contributed by atoms with E-state index in [1.54, 1.807) is 0 Å². The predicted octanol–water partition coefficient (Wildman–Crippen LogP) is 0.912. The van der Waals surface area contributed by atoms with Crippen LogP contribution < -0.4 is 0 Å². The van der Waals surface area contributed by atoms with Crippen LogP contribution in [0.4, 0.5) is 0 Å². The van der Waals surface area contributed by atoms with Gasteiger partial charge in [-0.05, 0) is 5.41 Å². The highest BCUT2D eigenvalue weighted by Crippen LogP contribution is 2.12. The minimum atomic E-state index is -1.89. The Morgan fingerprint density at radius 2 is 1.88 bits per heavy atom. The first-order valence-corrected chi connectivity index (χ1v) is 3.72. The summed E-state index contributed by atoms with van der Waals surface area (Å²) in [7, 11) is 0. The molecule has 0 N–H and O–H groups in total. The molecule has 1 unspecified atom stereocenters. The van der Waals surface area contributed by atoms with Crippen molar-refractivity contribution in [1.82, 2.24) is 0 Å². The summed E-state index contributed by atoms with van der Waals surface area (Å²) in [5.74, 6) is 0.243. The van der Waals surface area contributed by atoms with E-state index in [0.717, 1.165) is 0 Å². The fourth-order valence-corrected chi connectivity index (χ4v) is 1.06. The Balaban J connectivity index is 3.55. The van der Waals surface area contributed by atoms with E-state index >= 15 is 0 Å². The van der Waals surface area contributed by atoms with Gasteiger partial charge < -0.3 is 4.55 Å². The van der Waals surface area contributed by atoms with Crippen molar-refractivity contribution >= 4 is 11.1 Å². The second-order valence-electron chi connectivity index (χ2n) is 3.01. The average Bonchev–Trinajstić information content (AvgIpc) is 1.21. The van der Waals surface area contributed by atoms with Crippen LogP contribution in [-0.2, 0) is 11.1 Å². The summed E-state index contributed by atoms with van der Waals surface area (Å²) in [6.45, 7) is 5.68. The zero-order valence-corrected chi connectivity index (χ0v) is 6.25. The van der Waals surface area contributed by atoms with Crippen LogP contribution in [0, 0.1) is 5.41 Å². The first-order chi connectivity index (χ1) is 3.42. The minimum absolute atomic E-state index is 0.0907. The molecule has 0 aliphatic heterocycles. The maximum atomic E-state index is 10.0. The average molecular weight is 135 g/mol. The molecular formula is C5H11O2S-. The standard InChI is InChI=1S/C5H12O2S/c1-5(2,3)4-8(6)7/h4H2,1-3H3,(H,6,7)/p-1. The zero-order chi connectivity index (χ0) is 6.78. The highest BCUT2D eigenvalue weighted by molar-refractivity contribution is 7.79. The van der Waals surface area contributed by atoms with Crippen molar-refractivity contribution in [3.05, 3.63) is 0 Å². The van der Waals surface area contributed by atoms with Gasteiger partial charge in [0.2, 0.25) is 0 Å². The van der Waals surface area contributed by atoms with Gasteiger partial charge >= 0.3 is 0 Å². The zero-order valence-electron chi connectivity index (χ0n) is 5.43. The molecule has 50 valence electrons. The summed E-state index contributed by atoms with van der Waals surface area (Å²) in [5, 5.41) is 0. The molecule has 8 heavy (non-hydrogen) atoms. The molecule has 0 aromatic heterocycles. The molecule has 2 nitrogen and oxygen atoms in total. The summed E-state index contributed by atoms with van der Waals surface area (Å²) in [6, 6.07) is 0. The van der Waals surface area contributed by atoms with Crippen LogP contribution in [-0.4, -0.2) is 14.5 Å². The van der Waals surface area contributed by atoms with Gasteiger partial charge in [0.25, 0.3) is 0 Å². The molecule has 0 fully saturated rings. The van der Waals surface area contributed by atoms with Gasteiger partial charge in [-0.3, -0.25) is 4.21 Å². The first-order valence-electron chi connectivity index (χ1n) is 2.48. The molecule has 0 rings (SSSR count). The fourth-order valence-electron chi connectivity index (χ4n) is 0.354. The van der Waals surface area contributed by atoms with Crippen LogP contribution in [0.3, 0.4) is 0 Å². The second-order valence-corrected chi connectivity index (χ2v) is 3.90. The Bertz CT molecular complexity index is 93.1. The van der Waals surface area contributed by atoms with E-state index in [9.17, 15) is 8.76 Å². The van der Waals surface area contributed by atoms with E-state index in [0.29, 0.717) is 0 Å². The van der Waals surface area contributed by atoms with Crippen molar-refractivity contribution in [1.29, 1.82) is 0 Å². The number of hydrogen-bond donors (Lipinski definition) is 0. The molecule has 0 aliphatic carbocycles. The van der Waals surface area contributed by atoms with E-state index in [2.05, 4.69) is 0 Å². The van der Waals surface area contributed by atoms with Gasteiger partial charge in [0.15, 0.2) is 0 Å². The highest BCUT2D eigenvalue weighted by atomic mass is 32.2. The molecule has 0 radical (unpaired) electrons. The SMILES string of the molecule is CC(C)(C)CS(=O)[O-]. The van der Waals surface area contributed by atoms with E-state index in [-0.39, 0.29) is 11.2 Å². The number of hydrogen-bond acceptors (Lipinski definition) is 2. The van der Waals surface area contributed by atoms with Crippen molar-refractivity contribution < 1.29 is 8.76 Å². The van der Waals surface area contributed by atoms with E-state index in [1.807, 2.05) is 20.8 Å². The number of rotatable bonds is 1. The van der Waals surface area contributed by atoms with E-state index in [4.69, 9.17) is 0 Å². The molecule has 0 amide bonds. The van der Waals surface area contributed by atoms with Gasteiger partial charge in [-0.25, -0.2) is 0 Å². The summed E-state index contributed by atoms with van der Waals surface area (Å²) >= 11 is -1.89. The molecule has 0 aliphatic rings. The van der Waals surface area contributed by atoms with Crippen molar-refractivity contribution in [3.63, 3.8) is 0 Å². The third-order valence-electron chi connectivity index (χ3n) is 0.551. The lowest BCUT2D eigenvalue weighted by Gasteiger charge is -2.18. The normalized spacial score (nSPS) is 16.0. The Morgan fingerprint density at radius 1 is 1.50 bits per heavy atom. The van der Waals surface area contributed by atoms with Crippen molar-refractivity contribution in [2.75, 3.05) is 5.75 Å². The first kappa shape index (κ1) is 8.11. The van der Waals surface area contributed by atoms with Gasteiger partial charge in [0.1, 0.15) is 0 Å². The predicted molar refractivity (Wildman–Crippen MR) is 33.2 cm³/mol. The lowest BCUT2D eigenvalue weighted by Crippen LogP contribution is -2.15. The lowest BCUT2D eigenvalue weighted by atomic mass is 10.0. The fraction of sp³-hybridized carbons (Fsp3) is 1.00. The Kier molecular flexibility index (Phi) is 2.63. The topological polar surface area (TPSA) is 40.1 Å². The third kappa shape index (κ3) is 6.11. The van der Waals surface area contributed by atoms with Crippen molar-refractivity contribution in [3.8, 4) is 0 Å². The lowest BCUT2D eigenvalue weighted by molar-refractivity contribution is 0.448. The molecule has 0 heterocycles. The summed E-state index contributed by atoms with van der Waals surface area (Å²) < 4.78 is 20.0. The molecule has 0 bridgehead atoms. The van der Waals surface area contributed by atoms with Crippen molar-refractivity contribution in [2.24, 2.45) is 5.41 Å². The molecular weight excluding hydrogens is 124 g/mol. The van der Waals surface area contributed by atoms with Crippen LogP contribution in [0.25, 0.3) is 0 Å². The molecule has 0 spiro atoms. The summed E-state index contributed by atoms with van der Waals surface area (Å²) in [6.07, 6.45) is 0. The molecule has 0 aromatic rings. The second kappa shape index (κ2) is 2.60. The van der Waals surface area contributed by atoms with Crippen LogP contribution in [0.2, 0.25) is 0 Å². The monoisotopic (exact) mass is 135 g/mol. The van der Waals surface area contributed by atoms with Crippen LogP contribution in [0.15, 0.2) is 0 Å². The van der Waals surface area contributed by atoms with Gasteiger partial charge in [0, 0.05) is 5.75 Å². The van der Waals surface area contributed by atoms with Crippen LogP contribution in [0.1, 0.15) is 20.8 Å². The highest BCUT2D eigenvalue weighted by Gasteiger charge is 2.08. The van der Waals surface area contributed by atoms with Crippen LogP contribution in [0.5, 0.6) is 0 Å². The third-order valence-corrected chi connectivity index (χ3v) is 1.65. The van der Waals surface area contributed by atoms with Gasteiger partial charge in [-0.2, -0.15) is 0 Å². The maximum absolute atomic E-state index is 10.0. The van der Waals surface area contributed by atoms with Crippen LogP contribution >= 0.6 is 0 Å². The molecule has 0 saturated carbocycles. The smallest absolute Gasteiger partial charge is 0.0150 e. The molecule has 1 atom stereocenters. The van der Waals surface area contributed by atoms with E-state index in [1.165, 1.54) is 0 Å². The van der Waals surface area contributed by atoms with E-state index < -0.39 is 11.1 Å². The molecule has 0 saturated heterocycles. The van der Waals surface area contributed by atoms with Gasteiger partial charge in [0.05, 0.1) is 0 Å². The molecule has 3 heteroatoms. The largest absolute Gasteiger partial charge is 0.772 e. The van der Waals surface area contributed by atoms with Crippen molar-refractivity contribution in [2.45, 2.75) is 20.8 Å². The summed E-state index contributed by atoms with van der Waals surface area (Å²) in [5.41, 5.74) is -0.0907. The Hall–Kier alpha value is 0.110. The quantitative estimate of drug-likeness (QED) is 0.501. The molecule has 0 aromatic carbocycles. The summed E-state index contributed by atoms with van der Waals surface area (Å²) in [4.78, 5) is 0. The van der Waals surface area contributed by atoms with Gasteiger partial charge in [-0.15, -0.1) is 0 Å². The van der Waals surface area contributed by atoms with Gasteiger partial charge in [-0.1, -0.05) is 31.9 Å². The Labute approximate surface area is 52.6 Å². The minimum Gasteiger partial charge on any atom is -0.772 e. The maximum Gasteiger partial charge on any atom is 0.0150 e.